The number of hydrogen-bond acceptors (Lipinski definition) is 4. The highest BCUT2D eigenvalue weighted by Gasteiger charge is 2.38. The van der Waals surface area contributed by atoms with Gasteiger partial charge < -0.3 is 10.1 Å². The standard InChI is InChI=1S/C21H20F4N2O3/c1-30-20(29)18-10-16(12-27(18)11-14-4-2-3-5-17(14)22)26-19(28)13-6-8-15(9-7-13)21(23,24)25/h2-9,16,18H,10-12H2,1H3,(H,26,28)/t16-,18+/m1/s1. The Hall–Kier alpha value is -2.94. The van der Waals surface area contributed by atoms with Gasteiger partial charge in [-0.3, -0.25) is 14.5 Å². The number of amides is 1. The maximum atomic E-state index is 14.0. The molecule has 1 aliphatic rings. The number of hydrogen-bond donors (Lipinski definition) is 1. The third-order valence-electron chi connectivity index (χ3n) is 5.02. The molecule has 1 fully saturated rings. The number of rotatable bonds is 5. The Morgan fingerprint density at radius 1 is 1.13 bits per heavy atom. The van der Waals surface area contributed by atoms with Crippen LogP contribution in [0.2, 0.25) is 0 Å². The fourth-order valence-electron chi connectivity index (χ4n) is 3.49. The third-order valence-corrected chi connectivity index (χ3v) is 5.02. The molecular weight excluding hydrogens is 404 g/mol. The first-order chi connectivity index (χ1) is 14.2. The smallest absolute Gasteiger partial charge is 0.416 e. The number of halogens is 4. The van der Waals surface area contributed by atoms with Crippen molar-refractivity contribution in [3.05, 3.63) is 71.0 Å². The van der Waals surface area contributed by atoms with Crippen LogP contribution in [0.5, 0.6) is 0 Å². The minimum Gasteiger partial charge on any atom is -0.468 e. The van der Waals surface area contributed by atoms with Crippen molar-refractivity contribution < 1.29 is 31.9 Å². The summed E-state index contributed by atoms with van der Waals surface area (Å²) in [5.41, 5.74) is -0.368. The topological polar surface area (TPSA) is 58.6 Å². The maximum Gasteiger partial charge on any atom is 0.416 e. The van der Waals surface area contributed by atoms with Gasteiger partial charge >= 0.3 is 12.1 Å². The summed E-state index contributed by atoms with van der Waals surface area (Å²) < 4.78 is 56.9. The summed E-state index contributed by atoms with van der Waals surface area (Å²) >= 11 is 0. The van der Waals surface area contributed by atoms with Crippen LogP contribution in [-0.2, 0) is 22.3 Å². The van der Waals surface area contributed by atoms with Crippen molar-refractivity contribution >= 4 is 11.9 Å². The van der Waals surface area contributed by atoms with Crippen LogP contribution in [0, 0.1) is 5.82 Å². The van der Waals surface area contributed by atoms with E-state index in [4.69, 9.17) is 4.74 Å². The van der Waals surface area contributed by atoms with Gasteiger partial charge in [-0.2, -0.15) is 13.2 Å². The average Bonchev–Trinajstić information content (AvgIpc) is 3.10. The number of benzene rings is 2. The van der Waals surface area contributed by atoms with Crippen molar-refractivity contribution in [2.75, 3.05) is 13.7 Å². The van der Waals surface area contributed by atoms with Gasteiger partial charge in [0.2, 0.25) is 0 Å². The number of esters is 1. The van der Waals surface area contributed by atoms with Crippen LogP contribution in [0.1, 0.15) is 27.9 Å². The Morgan fingerprint density at radius 2 is 1.80 bits per heavy atom. The molecule has 2 atom stereocenters. The molecule has 1 amide bonds. The molecule has 0 radical (unpaired) electrons. The summed E-state index contributed by atoms with van der Waals surface area (Å²) in [5.74, 6) is -1.46. The summed E-state index contributed by atoms with van der Waals surface area (Å²) in [5, 5.41) is 2.73. The fraction of sp³-hybridized carbons (Fsp3) is 0.333. The molecule has 2 aromatic rings. The predicted molar refractivity (Wildman–Crippen MR) is 99.9 cm³/mol. The molecule has 5 nitrogen and oxygen atoms in total. The SMILES string of the molecule is COC(=O)[C@@H]1C[C@@H](NC(=O)c2ccc(C(F)(F)F)cc2)CN1Cc1ccccc1F. The van der Waals surface area contributed by atoms with Crippen LogP contribution < -0.4 is 5.32 Å². The first-order valence-electron chi connectivity index (χ1n) is 9.22. The van der Waals surface area contributed by atoms with E-state index in [1.165, 1.54) is 13.2 Å². The molecular formula is C21H20F4N2O3. The Balaban J connectivity index is 1.69. The second kappa shape index (κ2) is 8.83. The zero-order chi connectivity index (χ0) is 21.9. The maximum absolute atomic E-state index is 14.0. The first-order valence-corrected chi connectivity index (χ1v) is 9.22. The van der Waals surface area contributed by atoms with Gasteiger partial charge in [-0.15, -0.1) is 0 Å². The number of carbonyl (C=O) groups excluding carboxylic acids is 2. The van der Waals surface area contributed by atoms with Gasteiger partial charge in [0.15, 0.2) is 0 Å². The quantitative estimate of drug-likeness (QED) is 0.591. The van der Waals surface area contributed by atoms with E-state index in [0.29, 0.717) is 5.56 Å². The van der Waals surface area contributed by atoms with Gasteiger partial charge in [0.25, 0.3) is 5.91 Å². The van der Waals surface area contributed by atoms with E-state index in [2.05, 4.69) is 5.32 Å². The molecule has 1 aliphatic heterocycles. The summed E-state index contributed by atoms with van der Waals surface area (Å²) in [6.45, 7) is 0.416. The number of carbonyl (C=O) groups is 2. The summed E-state index contributed by atoms with van der Waals surface area (Å²) in [7, 11) is 1.25. The lowest BCUT2D eigenvalue weighted by molar-refractivity contribution is -0.146. The third kappa shape index (κ3) is 4.96. The average molecular weight is 424 g/mol. The highest BCUT2D eigenvalue weighted by Crippen LogP contribution is 2.29. The minimum atomic E-state index is -4.48. The number of alkyl halides is 3. The van der Waals surface area contributed by atoms with Gasteiger partial charge in [0.1, 0.15) is 11.9 Å². The van der Waals surface area contributed by atoms with Crippen molar-refractivity contribution in [3.8, 4) is 0 Å². The molecule has 1 N–H and O–H groups in total. The molecule has 0 aromatic heterocycles. The Labute approximate surface area is 170 Å². The Kier molecular flexibility index (Phi) is 6.40. The van der Waals surface area contributed by atoms with E-state index in [1.807, 2.05) is 0 Å². The minimum absolute atomic E-state index is 0.0742. The number of methoxy groups -OCH3 is 1. The van der Waals surface area contributed by atoms with Gasteiger partial charge in [-0.1, -0.05) is 18.2 Å². The predicted octanol–water partition coefficient (Wildman–Crippen LogP) is 3.39. The first kappa shape index (κ1) is 21.8. The molecule has 2 aromatic carbocycles. The van der Waals surface area contributed by atoms with Gasteiger partial charge in [-0.05, 0) is 36.8 Å². The number of nitrogens with zero attached hydrogens (tertiary/aromatic N) is 1. The second-order valence-corrected chi connectivity index (χ2v) is 7.04. The highest BCUT2D eigenvalue weighted by atomic mass is 19.4. The summed E-state index contributed by atoms with van der Waals surface area (Å²) in [4.78, 5) is 26.3. The lowest BCUT2D eigenvalue weighted by Crippen LogP contribution is -2.38. The molecule has 0 spiro atoms. The van der Waals surface area contributed by atoms with Gasteiger partial charge in [-0.25, -0.2) is 4.39 Å². The number of ether oxygens (including phenoxy) is 1. The summed E-state index contributed by atoms with van der Waals surface area (Å²) in [6, 6.07) is 8.93. The normalized spacial score (nSPS) is 19.5. The Bertz CT molecular complexity index is 915. The zero-order valence-electron chi connectivity index (χ0n) is 16.1. The lowest BCUT2D eigenvalue weighted by Gasteiger charge is -2.22. The molecule has 0 saturated carbocycles. The van der Waals surface area contributed by atoms with Crippen molar-refractivity contribution in [1.29, 1.82) is 0 Å². The van der Waals surface area contributed by atoms with Crippen LogP contribution in [0.3, 0.4) is 0 Å². The molecule has 160 valence electrons. The van der Waals surface area contributed by atoms with Gasteiger partial charge in [0.05, 0.1) is 12.7 Å². The van der Waals surface area contributed by atoms with Crippen molar-refractivity contribution in [1.82, 2.24) is 10.2 Å². The Morgan fingerprint density at radius 3 is 2.40 bits per heavy atom. The zero-order valence-corrected chi connectivity index (χ0v) is 16.1. The largest absolute Gasteiger partial charge is 0.468 e. The second-order valence-electron chi connectivity index (χ2n) is 7.04. The van der Waals surface area contributed by atoms with Crippen molar-refractivity contribution in [2.45, 2.75) is 31.2 Å². The van der Waals surface area contributed by atoms with Crippen LogP contribution in [0.4, 0.5) is 17.6 Å². The van der Waals surface area contributed by atoms with Gasteiger partial charge in [0, 0.05) is 30.3 Å². The van der Waals surface area contributed by atoms with Crippen molar-refractivity contribution in [3.63, 3.8) is 0 Å². The van der Waals surface area contributed by atoms with Crippen LogP contribution in [0.25, 0.3) is 0 Å². The molecule has 1 saturated heterocycles. The molecule has 1 heterocycles. The van der Waals surface area contributed by atoms with Crippen LogP contribution >= 0.6 is 0 Å². The van der Waals surface area contributed by atoms with Crippen LogP contribution in [-0.4, -0.2) is 42.5 Å². The molecule has 0 unspecified atom stereocenters. The summed E-state index contributed by atoms with van der Waals surface area (Å²) in [6.07, 6.45) is -4.24. The van der Waals surface area contributed by atoms with E-state index in [-0.39, 0.29) is 25.1 Å². The van der Waals surface area contributed by atoms with E-state index in [1.54, 1.807) is 23.1 Å². The van der Waals surface area contributed by atoms with E-state index < -0.39 is 41.5 Å². The van der Waals surface area contributed by atoms with Crippen LogP contribution in [0.15, 0.2) is 48.5 Å². The number of nitrogens with one attached hydrogen (secondary N) is 1. The monoisotopic (exact) mass is 424 g/mol. The lowest BCUT2D eigenvalue weighted by atomic mass is 10.1. The van der Waals surface area contributed by atoms with Crippen molar-refractivity contribution in [2.24, 2.45) is 0 Å². The highest BCUT2D eigenvalue weighted by molar-refractivity contribution is 5.94. The van der Waals surface area contributed by atoms with E-state index in [0.717, 1.165) is 24.3 Å². The fourth-order valence-corrected chi connectivity index (χ4v) is 3.49. The van der Waals surface area contributed by atoms with E-state index >= 15 is 0 Å². The molecule has 9 heteroatoms. The number of likely N-dealkylation sites (tertiary alicyclic amines) is 1. The molecule has 0 aliphatic carbocycles. The molecule has 3 rings (SSSR count). The molecule has 0 bridgehead atoms. The molecule has 30 heavy (non-hydrogen) atoms. The van der Waals surface area contributed by atoms with E-state index in [9.17, 15) is 27.2 Å².